The predicted molar refractivity (Wildman–Crippen MR) is 234 cm³/mol. The highest BCUT2D eigenvalue weighted by molar-refractivity contribution is 6.25. The third-order valence-corrected chi connectivity index (χ3v) is 11.2. The van der Waals surface area contributed by atoms with Crippen LogP contribution in [0.5, 0.6) is 0 Å². The van der Waals surface area contributed by atoms with Crippen molar-refractivity contribution in [2.45, 2.75) is 0 Å². The van der Waals surface area contributed by atoms with Crippen LogP contribution in [0.3, 0.4) is 0 Å². The highest BCUT2D eigenvalue weighted by Crippen LogP contribution is 2.40. The highest BCUT2D eigenvalue weighted by Gasteiger charge is 2.15. The predicted octanol–water partition coefficient (Wildman–Crippen LogP) is 13.9. The Hall–Kier alpha value is -7.49. The van der Waals surface area contributed by atoms with Crippen molar-refractivity contribution in [2.24, 2.45) is 0 Å². The molecular weight excluding hydrogens is 679 g/mol. The fourth-order valence-electron chi connectivity index (χ4n) is 8.32. The van der Waals surface area contributed by atoms with E-state index < -0.39 is 0 Å². The Morgan fingerprint density at radius 1 is 0.304 bits per heavy atom. The molecule has 0 bridgehead atoms. The largest absolute Gasteiger partial charge is 0.264 e. The van der Waals surface area contributed by atoms with Gasteiger partial charge < -0.3 is 0 Å². The van der Waals surface area contributed by atoms with E-state index in [1.807, 2.05) is 12.3 Å². The van der Waals surface area contributed by atoms with Gasteiger partial charge in [0.15, 0.2) is 5.82 Å². The van der Waals surface area contributed by atoms with E-state index in [4.69, 9.17) is 9.97 Å². The maximum Gasteiger partial charge on any atom is 0.160 e. The van der Waals surface area contributed by atoms with E-state index in [1.165, 1.54) is 65.3 Å². The molecule has 0 aliphatic carbocycles. The summed E-state index contributed by atoms with van der Waals surface area (Å²) in [6, 6.07) is 67.3. The molecule has 3 nitrogen and oxygen atoms in total. The van der Waals surface area contributed by atoms with Gasteiger partial charge >= 0.3 is 0 Å². The first-order valence-electron chi connectivity index (χ1n) is 19.0. The second-order valence-electron chi connectivity index (χ2n) is 14.4. The summed E-state index contributed by atoms with van der Waals surface area (Å²) in [7, 11) is 0. The molecule has 0 saturated carbocycles. The first-order valence-corrected chi connectivity index (χ1v) is 19.0. The lowest BCUT2D eigenvalue weighted by molar-refractivity contribution is 1.18. The fraction of sp³-hybridized carbons (Fsp3) is 0. The van der Waals surface area contributed by atoms with Crippen LogP contribution < -0.4 is 0 Å². The van der Waals surface area contributed by atoms with E-state index in [0.717, 1.165) is 39.2 Å². The summed E-state index contributed by atoms with van der Waals surface area (Å²) < 4.78 is 0. The Morgan fingerprint density at radius 3 is 1.54 bits per heavy atom. The normalized spacial score (nSPS) is 11.6. The fourth-order valence-corrected chi connectivity index (χ4v) is 8.32. The van der Waals surface area contributed by atoms with Crippen LogP contribution in [0.4, 0.5) is 0 Å². The van der Waals surface area contributed by atoms with Gasteiger partial charge in [-0.3, -0.25) is 4.98 Å². The van der Waals surface area contributed by atoms with Crippen LogP contribution >= 0.6 is 0 Å². The van der Waals surface area contributed by atoms with Crippen molar-refractivity contribution in [3.63, 3.8) is 0 Å². The van der Waals surface area contributed by atoms with E-state index in [1.54, 1.807) is 6.20 Å². The molecule has 260 valence electrons. The van der Waals surface area contributed by atoms with Crippen molar-refractivity contribution >= 4 is 43.1 Å². The van der Waals surface area contributed by atoms with E-state index in [-0.39, 0.29) is 0 Å². The molecule has 0 saturated heterocycles. The van der Waals surface area contributed by atoms with Crippen LogP contribution in [0.25, 0.3) is 110 Å². The maximum absolute atomic E-state index is 5.19. The van der Waals surface area contributed by atoms with Crippen molar-refractivity contribution in [1.82, 2.24) is 15.0 Å². The van der Waals surface area contributed by atoms with Crippen molar-refractivity contribution in [1.29, 1.82) is 0 Å². The molecule has 0 aliphatic rings. The molecule has 2 heterocycles. The maximum atomic E-state index is 5.19. The Bertz CT molecular complexity index is 3180. The Kier molecular flexibility index (Phi) is 7.49. The number of pyridine rings is 1. The molecule has 2 aromatic heterocycles. The van der Waals surface area contributed by atoms with Crippen molar-refractivity contribution in [3.8, 4) is 67.3 Å². The summed E-state index contributed by atoms with van der Waals surface area (Å²) in [5.41, 5.74) is 11.8. The van der Waals surface area contributed by atoms with E-state index in [0.29, 0.717) is 5.82 Å². The summed E-state index contributed by atoms with van der Waals surface area (Å²) in [4.78, 5) is 14.7. The Labute approximate surface area is 324 Å². The summed E-state index contributed by atoms with van der Waals surface area (Å²) in [6.07, 6.45) is 3.68. The standard InChI is InChI=1S/C53H33N3/c1-2-11-45-35(6-1)7-4-12-46(45)36-15-19-38(20-16-36)49-32-50(56-53(55-49)43-25-13-34(14-26-43)44-10-5-31-54-33-44)39-21-17-37(18-22-39)47-29-27-42-24-23-40-8-3-9-41-28-30-48(47)52(42)51(40)41/h1-33H. The number of hydrogen-bond acceptors (Lipinski definition) is 3. The minimum Gasteiger partial charge on any atom is -0.264 e. The first kappa shape index (κ1) is 32.0. The van der Waals surface area contributed by atoms with Crippen LogP contribution in [-0.4, -0.2) is 15.0 Å². The molecule has 0 amide bonds. The smallest absolute Gasteiger partial charge is 0.160 e. The molecule has 3 heteroatoms. The van der Waals surface area contributed by atoms with Crippen molar-refractivity contribution < 1.29 is 0 Å². The number of aromatic nitrogens is 3. The van der Waals surface area contributed by atoms with Gasteiger partial charge in [0.25, 0.3) is 0 Å². The summed E-state index contributed by atoms with van der Waals surface area (Å²) in [6.45, 7) is 0. The lowest BCUT2D eigenvalue weighted by Gasteiger charge is -2.14. The zero-order chi connectivity index (χ0) is 37.0. The topological polar surface area (TPSA) is 38.7 Å². The van der Waals surface area contributed by atoms with E-state index in [9.17, 15) is 0 Å². The SMILES string of the molecule is c1cncc(-c2ccc(-c3nc(-c4ccc(-c5cccc6ccccc56)cc4)cc(-c4ccc(-c5ccc6ccc7cccc8ccc5c6c78)cc4)n3)cc2)c1. The van der Waals surface area contributed by atoms with Gasteiger partial charge in [0.2, 0.25) is 0 Å². The van der Waals surface area contributed by atoms with E-state index in [2.05, 4.69) is 187 Å². The molecule has 0 atom stereocenters. The molecular formula is C53H33N3. The number of nitrogens with zero attached hydrogens (tertiary/aromatic N) is 3. The first-order chi connectivity index (χ1) is 27.7. The zero-order valence-electron chi connectivity index (χ0n) is 30.4. The summed E-state index contributed by atoms with van der Waals surface area (Å²) in [5.74, 6) is 0.684. The second kappa shape index (κ2) is 13.1. The van der Waals surface area contributed by atoms with Crippen LogP contribution in [-0.2, 0) is 0 Å². The monoisotopic (exact) mass is 711 g/mol. The van der Waals surface area contributed by atoms with Crippen LogP contribution in [0.15, 0.2) is 200 Å². The Morgan fingerprint density at radius 2 is 0.839 bits per heavy atom. The molecule has 0 radical (unpaired) electrons. The third kappa shape index (κ3) is 5.49. The minimum atomic E-state index is 0.684. The lowest BCUT2D eigenvalue weighted by atomic mass is 9.89. The average Bonchev–Trinajstić information content (AvgIpc) is 3.28. The molecule has 11 rings (SSSR count). The quantitative estimate of drug-likeness (QED) is 0.161. The van der Waals surface area contributed by atoms with Gasteiger partial charge in [-0.15, -0.1) is 0 Å². The number of benzene rings is 9. The van der Waals surface area contributed by atoms with Crippen molar-refractivity contribution in [3.05, 3.63) is 200 Å². The molecule has 0 fully saturated rings. The average molecular weight is 712 g/mol. The number of hydrogen-bond donors (Lipinski definition) is 0. The van der Waals surface area contributed by atoms with Crippen molar-refractivity contribution in [2.75, 3.05) is 0 Å². The highest BCUT2D eigenvalue weighted by atomic mass is 14.9. The van der Waals surface area contributed by atoms with Gasteiger partial charge in [0.05, 0.1) is 11.4 Å². The van der Waals surface area contributed by atoms with Gasteiger partial charge in [-0.2, -0.15) is 0 Å². The van der Waals surface area contributed by atoms with Gasteiger partial charge in [-0.1, -0.05) is 176 Å². The van der Waals surface area contributed by atoms with Crippen LogP contribution in [0.2, 0.25) is 0 Å². The summed E-state index contributed by atoms with van der Waals surface area (Å²) in [5, 5.41) is 10.2. The number of rotatable bonds is 6. The second-order valence-corrected chi connectivity index (χ2v) is 14.4. The molecule has 0 unspecified atom stereocenters. The molecule has 0 N–H and O–H groups in total. The minimum absolute atomic E-state index is 0.684. The van der Waals surface area contributed by atoms with Crippen LogP contribution in [0.1, 0.15) is 0 Å². The lowest BCUT2D eigenvalue weighted by Crippen LogP contribution is -1.96. The van der Waals surface area contributed by atoms with Gasteiger partial charge in [-0.25, -0.2) is 9.97 Å². The van der Waals surface area contributed by atoms with Crippen LogP contribution in [0, 0.1) is 0 Å². The van der Waals surface area contributed by atoms with Gasteiger partial charge in [0.1, 0.15) is 0 Å². The third-order valence-electron chi connectivity index (χ3n) is 11.2. The van der Waals surface area contributed by atoms with E-state index >= 15 is 0 Å². The van der Waals surface area contributed by atoms with Gasteiger partial charge in [-0.05, 0) is 88.6 Å². The number of fused-ring (bicyclic) bond motifs is 1. The van der Waals surface area contributed by atoms with Gasteiger partial charge in [0, 0.05) is 29.1 Å². The molecule has 9 aromatic carbocycles. The molecule has 56 heavy (non-hydrogen) atoms. The molecule has 0 aliphatic heterocycles. The Balaban J connectivity index is 1.000. The molecule has 11 aromatic rings. The molecule has 0 spiro atoms. The zero-order valence-corrected chi connectivity index (χ0v) is 30.4. The summed E-state index contributed by atoms with van der Waals surface area (Å²) >= 11 is 0.